The Morgan fingerprint density at radius 1 is 0.494 bits per heavy atom. The number of rotatable bonds is 8. The van der Waals surface area contributed by atoms with Crippen LogP contribution in [-0.4, -0.2) is 24.1 Å². The SMILES string of the molecule is Cc1cc(-c2ccc(C(F)(F)F)c(-c3ccc(C#N)c(-c4ccc(C(F)(F)F)c(-c5ccc(Cl)cc5F)c4F)c3F)c2Cl)c(C2=CC(OC(F)(F)F)(C(F)(F)F)C=CC2(F)F)c(Cl)c1-c1ccc(C#N)c(-c2ccccc2)c1Cl. The number of nitrogens with zero attached hydrogens (tertiary/aromatic N) is 2. The number of halogens is 21. The third-order valence-corrected chi connectivity index (χ3v) is 13.9. The fourth-order valence-electron chi connectivity index (χ4n) is 9.11. The molecule has 79 heavy (non-hydrogen) atoms. The van der Waals surface area contributed by atoms with Gasteiger partial charge in [-0.2, -0.15) is 58.8 Å². The molecule has 0 saturated carbocycles. The fourth-order valence-corrected chi connectivity index (χ4v) is 10.5. The van der Waals surface area contributed by atoms with E-state index in [2.05, 4.69) is 4.74 Å². The summed E-state index contributed by atoms with van der Waals surface area (Å²) >= 11 is 26.5. The Balaban J connectivity index is 1.49. The Bertz CT molecular complexity index is 3810. The van der Waals surface area contributed by atoms with Gasteiger partial charge >= 0.3 is 24.9 Å². The number of alkyl halides is 14. The molecule has 0 aromatic heterocycles. The third kappa shape index (κ3) is 10.5. The Labute approximate surface area is 454 Å². The quantitative estimate of drug-likeness (QED) is 0.113. The highest BCUT2D eigenvalue weighted by molar-refractivity contribution is 6.40. The van der Waals surface area contributed by atoms with E-state index in [9.17, 15) is 50.0 Å². The van der Waals surface area contributed by atoms with E-state index in [0.29, 0.717) is 36.4 Å². The van der Waals surface area contributed by atoms with Crippen LogP contribution < -0.4 is 0 Å². The molecule has 0 radical (unpaired) electrons. The smallest absolute Gasteiger partial charge is 0.267 e. The van der Waals surface area contributed by atoms with Gasteiger partial charge in [-0.05, 0) is 84.3 Å². The molecule has 1 atom stereocenters. The molecule has 0 fully saturated rings. The van der Waals surface area contributed by atoms with Gasteiger partial charge in [0.1, 0.15) is 17.5 Å². The summed E-state index contributed by atoms with van der Waals surface area (Å²) in [6.45, 7) is 1.18. The lowest BCUT2D eigenvalue weighted by atomic mass is 9.80. The lowest BCUT2D eigenvalue weighted by molar-refractivity contribution is -0.391. The average Bonchev–Trinajstić information content (AvgIpc) is 3.52. The van der Waals surface area contributed by atoms with Gasteiger partial charge in [-0.25, -0.2) is 13.2 Å². The summed E-state index contributed by atoms with van der Waals surface area (Å²) in [5.41, 5.74) is -23.6. The highest BCUT2D eigenvalue weighted by Gasteiger charge is 2.62. The zero-order chi connectivity index (χ0) is 58.3. The summed E-state index contributed by atoms with van der Waals surface area (Å²) in [5.74, 6) is -10.4. The number of nitriles is 2. The lowest BCUT2D eigenvalue weighted by Crippen LogP contribution is -2.50. The van der Waals surface area contributed by atoms with Crippen molar-refractivity contribution in [1.82, 2.24) is 0 Å². The average molecular weight is 1190 g/mol. The molecule has 0 saturated heterocycles. The summed E-state index contributed by atoms with van der Waals surface area (Å²) in [5, 5.41) is 17.0. The van der Waals surface area contributed by atoms with Gasteiger partial charge < -0.3 is 0 Å². The monoisotopic (exact) mass is 1190 g/mol. The highest BCUT2D eigenvalue weighted by Crippen LogP contribution is 2.57. The van der Waals surface area contributed by atoms with E-state index in [1.165, 1.54) is 43.3 Å². The molecule has 0 heterocycles. The fraction of sp³-hybridized carbons (Fsp3) is 0.127. The van der Waals surface area contributed by atoms with Gasteiger partial charge in [-0.1, -0.05) is 107 Å². The molecule has 24 heteroatoms. The van der Waals surface area contributed by atoms with Crippen LogP contribution in [0.2, 0.25) is 20.1 Å². The van der Waals surface area contributed by atoms with Crippen LogP contribution in [0, 0.1) is 47.0 Å². The van der Waals surface area contributed by atoms with E-state index in [0.717, 1.165) is 18.2 Å². The van der Waals surface area contributed by atoms with E-state index < -0.39 is 160 Å². The maximum Gasteiger partial charge on any atom is 0.523 e. The summed E-state index contributed by atoms with van der Waals surface area (Å²) in [7, 11) is 0. The second-order valence-electron chi connectivity index (χ2n) is 17.3. The zero-order valence-corrected chi connectivity index (χ0v) is 41.8. The van der Waals surface area contributed by atoms with Gasteiger partial charge in [0.05, 0.1) is 49.5 Å². The topological polar surface area (TPSA) is 56.8 Å². The van der Waals surface area contributed by atoms with Gasteiger partial charge in [0.25, 0.3) is 5.92 Å². The van der Waals surface area contributed by atoms with Crippen LogP contribution >= 0.6 is 46.4 Å². The molecule has 8 rings (SSSR count). The van der Waals surface area contributed by atoms with Gasteiger partial charge in [0, 0.05) is 71.8 Å². The Kier molecular flexibility index (Phi) is 15.1. The van der Waals surface area contributed by atoms with Crippen molar-refractivity contribution < 1.29 is 79.4 Å². The van der Waals surface area contributed by atoms with E-state index in [4.69, 9.17) is 46.4 Å². The predicted octanol–water partition coefficient (Wildman–Crippen LogP) is 20.2. The van der Waals surface area contributed by atoms with Gasteiger partial charge in [0.2, 0.25) is 5.60 Å². The molecule has 0 bridgehead atoms. The molecule has 1 aliphatic rings. The molecule has 0 aliphatic heterocycles. The predicted molar refractivity (Wildman–Crippen MR) is 261 cm³/mol. The zero-order valence-electron chi connectivity index (χ0n) is 38.8. The normalized spacial score (nSPS) is 15.7. The molecule has 1 unspecified atom stereocenters. The standard InChI is InChI=1S/C55H23Cl4F17N2O/c1-24-19-34(43(37-21-50(54(71,72)73,79-55(74,75)76)17-18-51(37,63)64)47(59)39(24)31-10-7-26(22-77)40(46(31)58)25-5-3-2-4-6-25)29-13-15-35(52(65,66)67)42(45(29)57)33-11-8-27(23-78)41(48(33)61)32-14-16-36(53(68,69)70)44(49(32)62)30-12-9-28(56)20-38(30)60/h2-21H,1H3. The minimum atomic E-state index is -6.22. The third-order valence-electron chi connectivity index (χ3n) is 12.5. The second-order valence-corrected chi connectivity index (χ2v) is 18.8. The first-order chi connectivity index (χ1) is 36.7. The van der Waals surface area contributed by atoms with E-state index in [-0.39, 0.29) is 50.0 Å². The van der Waals surface area contributed by atoms with Gasteiger partial charge in [0.15, 0.2) is 0 Å². The Morgan fingerprint density at radius 2 is 1.00 bits per heavy atom. The molecule has 1 aliphatic carbocycles. The molecule has 7 aromatic rings. The van der Waals surface area contributed by atoms with Gasteiger partial charge in [-0.3, -0.25) is 4.74 Å². The van der Waals surface area contributed by atoms with Crippen molar-refractivity contribution in [3.8, 4) is 78.9 Å². The second kappa shape index (κ2) is 20.5. The van der Waals surface area contributed by atoms with Crippen molar-refractivity contribution >= 4 is 52.0 Å². The number of benzene rings is 7. The maximum absolute atomic E-state index is 17.5. The van der Waals surface area contributed by atoms with E-state index in [1.807, 2.05) is 6.07 Å². The lowest BCUT2D eigenvalue weighted by Gasteiger charge is -2.36. The summed E-state index contributed by atoms with van der Waals surface area (Å²) in [6.07, 6.45) is -25.4. The van der Waals surface area contributed by atoms with Crippen LogP contribution in [-0.2, 0) is 17.1 Å². The minimum Gasteiger partial charge on any atom is -0.267 e. The molecule has 3 nitrogen and oxygen atoms in total. The molecule has 7 aromatic carbocycles. The number of hydrogen-bond donors (Lipinski definition) is 0. The first kappa shape index (κ1) is 58.1. The molecule has 0 amide bonds. The number of hydrogen-bond acceptors (Lipinski definition) is 3. The molecule has 0 N–H and O–H groups in total. The molecular weight excluding hydrogens is 1170 g/mol. The summed E-state index contributed by atoms with van der Waals surface area (Å²) in [4.78, 5) is 0. The first-order valence-corrected chi connectivity index (χ1v) is 23.4. The van der Waals surface area contributed by atoms with Crippen molar-refractivity contribution in [3.05, 3.63) is 192 Å². The van der Waals surface area contributed by atoms with Crippen molar-refractivity contribution in [2.75, 3.05) is 0 Å². The number of allylic oxidation sites excluding steroid dienone is 2. The minimum absolute atomic E-state index is 0.00745. The van der Waals surface area contributed by atoms with Crippen molar-refractivity contribution in [2.45, 2.75) is 43.3 Å². The Hall–Kier alpha value is -7.07. The Morgan fingerprint density at radius 3 is 1.56 bits per heavy atom. The molecular formula is C55H23Cl4F17N2O. The van der Waals surface area contributed by atoms with Crippen LogP contribution in [0.25, 0.3) is 72.3 Å². The molecule has 406 valence electrons. The van der Waals surface area contributed by atoms with Gasteiger partial charge in [-0.15, -0.1) is 13.2 Å². The van der Waals surface area contributed by atoms with E-state index >= 15 is 35.1 Å². The van der Waals surface area contributed by atoms with Crippen LogP contribution in [0.1, 0.15) is 33.4 Å². The van der Waals surface area contributed by atoms with Crippen LogP contribution in [0.4, 0.5) is 74.6 Å². The largest absolute Gasteiger partial charge is 0.523 e. The van der Waals surface area contributed by atoms with E-state index in [1.54, 1.807) is 6.07 Å². The summed E-state index contributed by atoms with van der Waals surface area (Å²) in [6, 6.07) is 18.3. The van der Waals surface area contributed by atoms with Crippen LogP contribution in [0.5, 0.6) is 0 Å². The van der Waals surface area contributed by atoms with Crippen LogP contribution in [0.3, 0.4) is 0 Å². The number of ether oxygens (including phenoxy) is 1. The first-order valence-electron chi connectivity index (χ1n) is 21.9. The summed E-state index contributed by atoms with van der Waals surface area (Å²) < 4.78 is 262. The van der Waals surface area contributed by atoms with Crippen molar-refractivity contribution in [2.24, 2.45) is 0 Å². The van der Waals surface area contributed by atoms with Crippen LogP contribution in [0.15, 0.2) is 121 Å². The maximum atomic E-state index is 17.5. The van der Waals surface area contributed by atoms with Crippen molar-refractivity contribution in [3.63, 3.8) is 0 Å². The van der Waals surface area contributed by atoms with Crippen molar-refractivity contribution in [1.29, 1.82) is 10.5 Å². The number of aryl methyl sites for hydroxylation is 1. The molecule has 0 spiro atoms. The highest BCUT2D eigenvalue weighted by atomic mass is 35.5.